The van der Waals surface area contributed by atoms with Gasteiger partial charge in [0.1, 0.15) is 11.6 Å². The van der Waals surface area contributed by atoms with Gasteiger partial charge in [0, 0.05) is 12.6 Å². The van der Waals surface area contributed by atoms with Crippen molar-refractivity contribution in [2.75, 3.05) is 27.7 Å². The van der Waals surface area contributed by atoms with Crippen LogP contribution in [-0.2, 0) is 0 Å². The van der Waals surface area contributed by atoms with Gasteiger partial charge in [-0.3, -0.25) is 4.79 Å². The zero-order chi connectivity index (χ0) is 20.1. The monoisotopic (exact) mass is 383 g/mol. The minimum atomic E-state index is -0.434. The fraction of sp³-hybridized carbons (Fsp3) is 0.238. The molecule has 1 N–H and O–H groups in total. The average molecular weight is 383 g/mol. The largest absolute Gasteiger partial charge is 0.497 e. The number of rotatable bonds is 7. The van der Waals surface area contributed by atoms with Crippen LogP contribution < -0.4 is 10.1 Å². The van der Waals surface area contributed by atoms with E-state index in [0.717, 1.165) is 11.3 Å². The zero-order valence-corrected chi connectivity index (χ0v) is 16.0. The Labute approximate surface area is 162 Å². The van der Waals surface area contributed by atoms with Crippen LogP contribution in [0.3, 0.4) is 0 Å². The van der Waals surface area contributed by atoms with Gasteiger partial charge in [-0.1, -0.05) is 29.4 Å². The van der Waals surface area contributed by atoms with Gasteiger partial charge in [-0.05, 0) is 43.9 Å². The van der Waals surface area contributed by atoms with E-state index in [9.17, 15) is 9.18 Å². The Morgan fingerprint density at radius 3 is 2.71 bits per heavy atom. The Morgan fingerprint density at radius 2 is 2.00 bits per heavy atom. The first-order chi connectivity index (χ1) is 13.5. The number of hydrogen-bond acceptors (Lipinski definition) is 5. The van der Waals surface area contributed by atoms with Gasteiger partial charge in [0.2, 0.25) is 0 Å². The van der Waals surface area contributed by atoms with Crippen LogP contribution in [0.4, 0.5) is 4.39 Å². The van der Waals surface area contributed by atoms with Gasteiger partial charge in [0.15, 0.2) is 11.5 Å². The van der Waals surface area contributed by atoms with E-state index in [-0.39, 0.29) is 29.0 Å². The first-order valence-corrected chi connectivity index (χ1v) is 8.79. The van der Waals surface area contributed by atoms with E-state index in [2.05, 4.69) is 10.5 Å². The maximum Gasteiger partial charge on any atom is 0.273 e. The van der Waals surface area contributed by atoms with Gasteiger partial charge < -0.3 is 19.5 Å². The standard InChI is InChI=1S/C21H22FN3O3/c1-25(2)19(14-7-6-8-15(11-14)27-3)13-23-21(26)18-12-20(28-24-18)16-9-4-5-10-17(16)22/h4-12,19H,13H2,1-3H3,(H,23,26). The number of benzene rings is 2. The minimum Gasteiger partial charge on any atom is -0.497 e. The minimum absolute atomic E-state index is 0.0583. The molecule has 1 amide bonds. The highest BCUT2D eigenvalue weighted by Gasteiger charge is 2.19. The molecule has 0 bridgehead atoms. The predicted octanol–water partition coefficient (Wildman–Crippen LogP) is 3.52. The summed E-state index contributed by atoms with van der Waals surface area (Å²) in [6.07, 6.45) is 0. The van der Waals surface area contributed by atoms with Crippen LogP contribution >= 0.6 is 0 Å². The molecule has 146 valence electrons. The molecule has 3 aromatic rings. The second kappa shape index (κ2) is 8.67. The van der Waals surface area contributed by atoms with Gasteiger partial charge in [-0.15, -0.1) is 0 Å². The van der Waals surface area contributed by atoms with Crippen LogP contribution in [0.2, 0.25) is 0 Å². The molecule has 1 unspecified atom stereocenters. The van der Waals surface area contributed by atoms with Gasteiger partial charge in [0.25, 0.3) is 5.91 Å². The van der Waals surface area contributed by atoms with Gasteiger partial charge in [-0.2, -0.15) is 0 Å². The Hall–Kier alpha value is -3.19. The molecule has 1 heterocycles. The van der Waals surface area contributed by atoms with Crippen molar-refractivity contribution in [3.8, 4) is 17.1 Å². The van der Waals surface area contributed by atoms with E-state index in [1.54, 1.807) is 25.3 Å². The highest BCUT2D eigenvalue weighted by molar-refractivity contribution is 5.93. The number of likely N-dealkylation sites (N-methyl/N-ethyl adjacent to an activating group) is 1. The number of methoxy groups -OCH3 is 1. The summed E-state index contributed by atoms with van der Waals surface area (Å²) >= 11 is 0. The molecule has 0 aliphatic carbocycles. The number of nitrogens with one attached hydrogen (secondary N) is 1. The maximum atomic E-state index is 13.9. The first-order valence-electron chi connectivity index (χ1n) is 8.79. The molecule has 0 spiro atoms. The summed E-state index contributed by atoms with van der Waals surface area (Å²) in [5.74, 6) is 0.138. The van der Waals surface area contributed by atoms with Crippen molar-refractivity contribution in [2.24, 2.45) is 0 Å². The number of amides is 1. The first kappa shape index (κ1) is 19.6. The van der Waals surface area contributed by atoms with Crippen molar-refractivity contribution in [2.45, 2.75) is 6.04 Å². The molecule has 0 aliphatic rings. The van der Waals surface area contributed by atoms with E-state index in [4.69, 9.17) is 9.26 Å². The van der Waals surface area contributed by atoms with Gasteiger partial charge >= 0.3 is 0 Å². The lowest BCUT2D eigenvalue weighted by Gasteiger charge is -2.25. The van der Waals surface area contributed by atoms with E-state index in [1.807, 2.05) is 43.3 Å². The smallest absolute Gasteiger partial charge is 0.273 e. The summed E-state index contributed by atoms with van der Waals surface area (Å²) in [4.78, 5) is 14.5. The third-order valence-electron chi connectivity index (χ3n) is 4.44. The Balaban J connectivity index is 1.71. The fourth-order valence-electron chi connectivity index (χ4n) is 2.90. The van der Waals surface area contributed by atoms with Crippen molar-refractivity contribution >= 4 is 5.91 Å². The van der Waals surface area contributed by atoms with Crippen molar-refractivity contribution in [1.29, 1.82) is 0 Å². The second-order valence-electron chi connectivity index (χ2n) is 6.52. The Bertz CT molecular complexity index is 955. The van der Waals surface area contributed by atoms with E-state index < -0.39 is 5.82 Å². The topological polar surface area (TPSA) is 67.6 Å². The molecular weight excluding hydrogens is 361 g/mol. The van der Waals surface area contributed by atoms with E-state index >= 15 is 0 Å². The van der Waals surface area contributed by atoms with Crippen molar-refractivity contribution in [3.63, 3.8) is 0 Å². The third-order valence-corrected chi connectivity index (χ3v) is 4.44. The van der Waals surface area contributed by atoms with Crippen LogP contribution in [-0.4, -0.2) is 43.7 Å². The van der Waals surface area contributed by atoms with Gasteiger partial charge in [-0.25, -0.2) is 4.39 Å². The summed E-state index contributed by atoms with van der Waals surface area (Å²) in [6.45, 7) is 0.362. The predicted molar refractivity (Wildman–Crippen MR) is 104 cm³/mol. The van der Waals surface area contributed by atoms with Crippen LogP contribution in [0, 0.1) is 5.82 Å². The second-order valence-corrected chi connectivity index (χ2v) is 6.52. The molecule has 0 aliphatic heterocycles. The lowest BCUT2D eigenvalue weighted by Crippen LogP contribution is -2.34. The molecule has 1 atom stereocenters. The highest BCUT2D eigenvalue weighted by Crippen LogP contribution is 2.24. The number of nitrogens with zero attached hydrogens (tertiary/aromatic N) is 2. The molecule has 7 heteroatoms. The van der Waals surface area contributed by atoms with Crippen LogP contribution in [0.5, 0.6) is 5.75 Å². The van der Waals surface area contributed by atoms with Gasteiger partial charge in [0.05, 0.1) is 18.7 Å². The summed E-state index contributed by atoms with van der Waals surface area (Å²) in [5, 5.41) is 6.63. The SMILES string of the molecule is COc1cccc(C(CNC(=O)c2cc(-c3ccccc3F)on2)N(C)C)c1. The van der Waals surface area contributed by atoms with Crippen LogP contribution in [0.25, 0.3) is 11.3 Å². The summed E-state index contributed by atoms with van der Waals surface area (Å²) in [6, 6.07) is 15.2. The van der Waals surface area contributed by atoms with E-state index in [1.165, 1.54) is 12.1 Å². The third kappa shape index (κ3) is 4.37. The van der Waals surface area contributed by atoms with Crippen LogP contribution in [0.1, 0.15) is 22.1 Å². The summed E-state index contributed by atoms with van der Waals surface area (Å²) < 4.78 is 24.3. The van der Waals surface area contributed by atoms with Crippen molar-refractivity contribution in [1.82, 2.24) is 15.4 Å². The molecule has 0 radical (unpaired) electrons. The molecule has 3 rings (SSSR count). The molecule has 0 saturated carbocycles. The molecule has 28 heavy (non-hydrogen) atoms. The number of aromatic nitrogens is 1. The summed E-state index contributed by atoms with van der Waals surface area (Å²) in [5.41, 5.74) is 1.37. The number of hydrogen-bond donors (Lipinski definition) is 1. The molecule has 1 aromatic heterocycles. The molecule has 2 aromatic carbocycles. The average Bonchev–Trinajstić information content (AvgIpc) is 3.18. The normalized spacial score (nSPS) is 12.0. The Morgan fingerprint density at radius 1 is 1.21 bits per heavy atom. The Kier molecular flexibility index (Phi) is 6.06. The summed E-state index contributed by atoms with van der Waals surface area (Å²) in [7, 11) is 5.48. The van der Waals surface area contributed by atoms with Crippen molar-refractivity contribution in [3.05, 3.63) is 71.7 Å². The zero-order valence-electron chi connectivity index (χ0n) is 16.0. The number of ether oxygens (including phenoxy) is 1. The molecule has 0 fully saturated rings. The molecule has 0 saturated heterocycles. The number of halogens is 1. The lowest BCUT2D eigenvalue weighted by molar-refractivity contribution is 0.0933. The maximum absolute atomic E-state index is 13.9. The number of carbonyl (C=O) groups is 1. The quantitative estimate of drug-likeness (QED) is 0.676. The van der Waals surface area contributed by atoms with E-state index in [0.29, 0.717) is 6.54 Å². The fourth-order valence-corrected chi connectivity index (χ4v) is 2.90. The van der Waals surface area contributed by atoms with Crippen molar-refractivity contribution < 1.29 is 18.4 Å². The highest BCUT2D eigenvalue weighted by atomic mass is 19.1. The lowest BCUT2D eigenvalue weighted by atomic mass is 10.1. The number of carbonyl (C=O) groups excluding carboxylic acids is 1. The molecule has 6 nitrogen and oxygen atoms in total. The van der Waals surface area contributed by atoms with Crippen LogP contribution in [0.15, 0.2) is 59.1 Å². The molecular formula is C21H22FN3O3.